The van der Waals surface area contributed by atoms with Crippen molar-refractivity contribution in [1.82, 2.24) is 15.4 Å². The van der Waals surface area contributed by atoms with Gasteiger partial charge in [0.15, 0.2) is 0 Å². The van der Waals surface area contributed by atoms with E-state index in [0.29, 0.717) is 17.6 Å². The molecule has 0 saturated carbocycles. The number of hydrogen-bond acceptors (Lipinski definition) is 4. The van der Waals surface area contributed by atoms with Crippen LogP contribution in [0.1, 0.15) is 19.8 Å². The number of sulfonamides is 1. The van der Waals surface area contributed by atoms with Crippen LogP contribution in [0.4, 0.5) is 0 Å². The van der Waals surface area contributed by atoms with Crippen LogP contribution in [0, 0.1) is 0 Å². The molecule has 0 heterocycles. The van der Waals surface area contributed by atoms with Gasteiger partial charge in [-0.05, 0) is 31.2 Å². The highest BCUT2D eigenvalue weighted by atomic mass is 79.9. The Hall–Kier alpha value is -0.670. The van der Waals surface area contributed by atoms with Crippen LogP contribution in [-0.2, 0) is 14.8 Å². The van der Waals surface area contributed by atoms with Gasteiger partial charge >= 0.3 is 0 Å². The fourth-order valence-electron chi connectivity index (χ4n) is 1.70. The molecule has 0 unspecified atom stereocenters. The first-order chi connectivity index (χ1) is 10.5. The Bertz CT molecular complexity index is 584. The molecule has 1 amide bonds. The average Bonchev–Trinajstić information content (AvgIpc) is 2.47. The standard InChI is InChI=1S/C14H22BrN3O3S.ClH/c1-2-7-16-9-10-17-14(19)6-8-18-22(20,21)13-5-3-4-12(15)11-13;/h3-5,11,16,18H,2,6-10H2,1H3,(H,17,19);1H. The molecular formula is C14H23BrClN3O3S. The summed E-state index contributed by atoms with van der Waals surface area (Å²) in [5.74, 6) is -0.171. The van der Waals surface area contributed by atoms with Gasteiger partial charge in [-0.2, -0.15) is 0 Å². The van der Waals surface area contributed by atoms with Gasteiger partial charge in [0, 0.05) is 30.5 Å². The maximum absolute atomic E-state index is 12.0. The summed E-state index contributed by atoms with van der Waals surface area (Å²) < 4.78 is 27.2. The summed E-state index contributed by atoms with van der Waals surface area (Å²) in [6, 6.07) is 6.42. The topological polar surface area (TPSA) is 87.3 Å². The molecule has 6 nitrogen and oxygen atoms in total. The minimum Gasteiger partial charge on any atom is -0.355 e. The minimum atomic E-state index is -3.58. The van der Waals surface area contributed by atoms with Crippen molar-refractivity contribution in [2.24, 2.45) is 0 Å². The number of benzene rings is 1. The Morgan fingerprint density at radius 1 is 1.17 bits per heavy atom. The van der Waals surface area contributed by atoms with Crippen molar-refractivity contribution in [2.45, 2.75) is 24.7 Å². The minimum absolute atomic E-state index is 0. The zero-order chi connectivity index (χ0) is 16.4. The van der Waals surface area contributed by atoms with Gasteiger partial charge in [0.05, 0.1) is 4.90 Å². The lowest BCUT2D eigenvalue weighted by atomic mass is 10.4. The second-order valence-corrected chi connectivity index (χ2v) is 7.39. The summed E-state index contributed by atoms with van der Waals surface area (Å²) in [6.45, 7) is 4.31. The highest BCUT2D eigenvalue weighted by molar-refractivity contribution is 9.10. The van der Waals surface area contributed by atoms with Crippen molar-refractivity contribution in [3.8, 4) is 0 Å². The summed E-state index contributed by atoms with van der Waals surface area (Å²) in [7, 11) is -3.58. The smallest absolute Gasteiger partial charge is 0.240 e. The van der Waals surface area contributed by atoms with E-state index in [1.54, 1.807) is 12.1 Å². The van der Waals surface area contributed by atoms with Crippen LogP contribution in [0.2, 0.25) is 0 Å². The van der Waals surface area contributed by atoms with E-state index >= 15 is 0 Å². The molecule has 0 radical (unpaired) electrons. The van der Waals surface area contributed by atoms with Crippen molar-refractivity contribution < 1.29 is 13.2 Å². The molecule has 0 spiro atoms. The number of hydrogen-bond donors (Lipinski definition) is 3. The van der Waals surface area contributed by atoms with Gasteiger partial charge < -0.3 is 10.6 Å². The number of halogens is 2. The van der Waals surface area contributed by atoms with Crippen molar-refractivity contribution in [1.29, 1.82) is 0 Å². The maximum atomic E-state index is 12.0. The van der Waals surface area contributed by atoms with Crippen LogP contribution in [0.25, 0.3) is 0 Å². The SMILES string of the molecule is CCCNCCNC(=O)CCNS(=O)(=O)c1cccc(Br)c1.Cl. The van der Waals surface area contributed by atoms with E-state index in [0.717, 1.165) is 13.0 Å². The fourth-order valence-corrected chi connectivity index (χ4v) is 3.32. The Kier molecular flexibility index (Phi) is 11.5. The summed E-state index contributed by atoms with van der Waals surface area (Å²) in [5, 5.41) is 5.90. The van der Waals surface area contributed by atoms with E-state index in [2.05, 4.69) is 38.2 Å². The predicted octanol–water partition coefficient (Wildman–Crippen LogP) is 1.66. The third kappa shape index (κ3) is 9.26. The summed E-state index contributed by atoms with van der Waals surface area (Å²) in [5.41, 5.74) is 0. The van der Waals surface area contributed by atoms with Gasteiger partial charge in [0.1, 0.15) is 0 Å². The van der Waals surface area contributed by atoms with Crippen LogP contribution >= 0.6 is 28.3 Å². The average molecular weight is 429 g/mol. The van der Waals surface area contributed by atoms with E-state index in [9.17, 15) is 13.2 Å². The normalized spacial score (nSPS) is 10.9. The highest BCUT2D eigenvalue weighted by Crippen LogP contribution is 2.15. The second-order valence-electron chi connectivity index (χ2n) is 4.71. The molecule has 1 aromatic rings. The quantitative estimate of drug-likeness (QED) is 0.495. The van der Waals surface area contributed by atoms with Gasteiger partial charge in [-0.1, -0.05) is 28.9 Å². The first-order valence-corrected chi connectivity index (χ1v) is 9.46. The number of carbonyl (C=O) groups is 1. The molecule has 23 heavy (non-hydrogen) atoms. The molecule has 0 aliphatic rings. The summed E-state index contributed by atoms with van der Waals surface area (Å²) in [4.78, 5) is 11.7. The third-order valence-corrected chi connectivity index (χ3v) is 4.75. The Morgan fingerprint density at radius 3 is 2.57 bits per heavy atom. The lowest BCUT2D eigenvalue weighted by Crippen LogP contribution is -2.34. The van der Waals surface area contributed by atoms with Crippen LogP contribution < -0.4 is 15.4 Å². The van der Waals surface area contributed by atoms with Crippen molar-refractivity contribution >= 4 is 44.3 Å². The molecule has 9 heteroatoms. The van der Waals surface area contributed by atoms with Crippen molar-refractivity contribution in [3.63, 3.8) is 0 Å². The Morgan fingerprint density at radius 2 is 1.91 bits per heavy atom. The predicted molar refractivity (Wildman–Crippen MR) is 97.4 cm³/mol. The van der Waals surface area contributed by atoms with Crippen LogP contribution in [0.5, 0.6) is 0 Å². The zero-order valence-electron chi connectivity index (χ0n) is 13.0. The lowest BCUT2D eigenvalue weighted by molar-refractivity contribution is -0.120. The van der Waals surface area contributed by atoms with Gasteiger partial charge in [-0.3, -0.25) is 4.79 Å². The van der Waals surface area contributed by atoms with Crippen molar-refractivity contribution in [3.05, 3.63) is 28.7 Å². The first-order valence-electron chi connectivity index (χ1n) is 7.18. The summed E-state index contributed by atoms with van der Waals surface area (Å²) >= 11 is 3.23. The number of carbonyl (C=O) groups excluding carboxylic acids is 1. The number of rotatable bonds is 10. The molecule has 0 saturated heterocycles. The molecule has 0 bridgehead atoms. The van der Waals surface area contributed by atoms with E-state index in [1.165, 1.54) is 12.1 Å². The molecule has 0 fully saturated rings. The van der Waals surface area contributed by atoms with E-state index < -0.39 is 10.0 Å². The number of amides is 1. The van der Waals surface area contributed by atoms with Gasteiger partial charge in [-0.15, -0.1) is 12.4 Å². The fraction of sp³-hybridized carbons (Fsp3) is 0.500. The Balaban J connectivity index is 0.00000484. The first kappa shape index (κ1) is 22.3. The van der Waals surface area contributed by atoms with Crippen LogP contribution in [0.15, 0.2) is 33.6 Å². The molecule has 1 aromatic carbocycles. The van der Waals surface area contributed by atoms with Gasteiger partial charge in [0.25, 0.3) is 0 Å². The molecule has 3 N–H and O–H groups in total. The lowest BCUT2D eigenvalue weighted by Gasteiger charge is -2.08. The van der Waals surface area contributed by atoms with Gasteiger partial charge in [0.2, 0.25) is 15.9 Å². The molecule has 1 rings (SSSR count). The molecule has 132 valence electrons. The van der Waals surface area contributed by atoms with Gasteiger partial charge in [-0.25, -0.2) is 13.1 Å². The third-order valence-electron chi connectivity index (χ3n) is 2.80. The number of nitrogens with one attached hydrogen (secondary N) is 3. The molecule has 0 aliphatic heterocycles. The van der Waals surface area contributed by atoms with E-state index in [4.69, 9.17) is 0 Å². The van der Waals surface area contributed by atoms with E-state index in [-0.39, 0.29) is 36.2 Å². The molecule has 0 aliphatic carbocycles. The largest absolute Gasteiger partial charge is 0.355 e. The van der Waals surface area contributed by atoms with Crippen molar-refractivity contribution in [2.75, 3.05) is 26.2 Å². The van der Waals surface area contributed by atoms with Crippen LogP contribution in [-0.4, -0.2) is 40.5 Å². The highest BCUT2D eigenvalue weighted by Gasteiger charge is 2.14. The molecule has 0 aromatic heterocycles. The monoisotopic (exact) mass is 427 g/mol. The molecular weight excluding hydrogens is 406 g/mol. The Labute approximate surface area is 152 Å². The second kappa shape index (κ2) is 11.8. The molecule has 0 atom stereocenters. The van der Waals surface area contributed by atoms with E-state index in [1.807, 2.05) is 0 Å². The summed E-state index contributed by atoms with van der Waals surface area (Å²) in [6.07, 6.45) is 1.16. The van der Waals surface area contributed by atoms with Crippen LogP contribution in [0.3, 0.4) is 0 Å². The zero-order valence-corrected chi connectivity index (χ0v) is 16.2. The maximum Gasteiger partial charge on any atom is 0.240 e.